The maximum Gasteiger partial charge on any atom is 0.254 e. The molecule has 0 N–H and O–H groups in total. The van der Waals surface area contributed by atoms with Crippen LogP contribution in [0.5, 0.6) is 11.5 Å². The Bertz CT molecular complexity index is 903. The van der Waals surface area contributed by atoms with Crippen molar-refractivity contribution < 1.29 is 19.1 Å². The molecule has 7 heteroatoms. The molecule has 2 saturated carbocycles. The fraction of sp³-hybridized carbons (Fsp3) is 0.476. The maximum atomic E-state index is 13.0. The van der Waals surface area contributed by atoms with Crippen LogP contribution in [0, 0.1) is 32.7 Å². The highest BCUT2D eigenvalue weighted by molar-refractivity contribution is 14.1. The van der Waals surface area contributed by atoms with Crippen LogP contribution in [0.25, 0.3) is 0 Å². The number of amides is 2. The lowest BCUT2D eigenvalue weighted by atomic mass is 9.85. The van der Waals surface area contributed by atoms with Gasteiger partial charge in [0.25, 0.3) is 11.8 Å². The van der Waals surface area contributed by atoms with Crippen LogP contribution in [0.4, 0.5) is 0 Å². The fourth-order valence-corrected chi connectivity index (χ4v) is 6.18. The van der Waals surface area contributed by atoms with E-state index in [2.05, 4.69) is 39.8 Å². The first-order valence-electron chi connectivity index (χ1n) is 9.62. The zero-order valence-electron chi connectivity index (χ0n) is 15.7. The summed E-state index contributed by atoms with van der Waals surface area (Å²) in [4.78, 5) is 25.9. The van der Waals surface area contributed by atoms with Crippen LogP contribution in [0.15, 0.2) is 29.4 Å². The van der Waals surface area contributed by atoms with Gasteiger partial charge in [0, 0.05) is 0 Å². The molecular formula is C21H21IN2O4. The van der Waals surface area contributed by atoms with Crippen LogP contribution in [-0.2, 0) is 9.59 Å². The predicted octanol–water partition coefficient (Wildman–Crippen LogP) is 3.23. The van der Waals surface area contributed by atoms with Crippen molar-refractivity contribution in [1.29, 1.82) is 0 Å². The lowest BCUT2D eigenvalue weighted by Gasteiger charge is -2.18. The number of ether oxygens (including phenoxy) is 2. The maximum absolute atomic E-state index is 13.0. The van der Waals surface area contributed by atoms with Gasteiger partial charge in [-0.15, -0.1) is 0 Å². The van der Waals surface area contributed by atoms with Crippen LogP contribution >= 0.6 is 22.6 Å². The van der Waals surface area contributed by atoms with Gasteiger partial charge in [0.15, 0.2) is 11.5 Å². The molecule has 5 rings (SSSR count). The minimum Gasteiger partial charge on any atom is -0.493 e. The highest BCUT2D eigenvalue weighted by atomic mass is 127. The molecule has 0 aromatic heterocycles. The second-order valence-electron chi connectivity index (χ2n) is 7.92. The SMILES string of the molecule is CCOc1c(I)cc(/C=N\N2C(=O)[C@H]3[C@H](C2=O)[C@H]2C=C[C@H]3C23CC3)cc1OC. The summed E-state index contributed by atoms with van der Waals surface area (Å²) in [5.74, 6) is 0.960. The van der Waals surface area contributed by atoms with E-state index in [9.17, 15) is 9.59 Å². The lowest BCUT2D eigenvalue weighted by molar-refractivity contribution is -0.141. The zero-order chi connectivity index (χ0) is 19.6. The summed E-state index contributed by atoms with van der Waals surface area (Å²) < 4.78 is 11.9. The predicted molar refractivity (Wildman–Crippen MR) is 111 cm³/mol. The number of allylic oxidation sites excluding steroid dienone is 2. The smallest absolute Gasteiger partial charge is 0.254 e. The Labute approximate surface area is 177 Å². The summed E-state index contributed by atoms with van der Waals surface area (Å²) in [6, 6.07) is 3.70. The molecule has 28 heavy (non-hydrogen) atoms. The highest BCUT2D eigenvalue weighted by Crippen LogP contribution is 2.73. The molecule has 1 saturated heterocycles. The van der Waals surface area contributed by atoms with Crippen molar-refractivity contribution in [3.63, 3.8) is 0 Å². The molecule has 1 spiro atoms. The average Bonchev–Trinajstić information content (AvgIpc) is 3.28. The van der Waals surface area contributed by atoms with Crippen LogP contribution in [0.3, 0.4) is 0 Å². The third kappa shape index (κ3) is 2.34. The van der Waals surface area contributed by atoms with E-state index in [0.29, 0.717) is 18.1 Å². The molecule has 3 aliphatic carbocycles. The second kappa shape index (κ2) is 6.30. The van der Waals surface area contributed by atoms with E-state index in [1.54, 1.807) is 19.4 Å². The number of halogens is 1. The number of hydrazone groups is 1. The topological polar surface area (TPSA) is 68.2 Å². The monoisotopic (exact) mass is 492 g/mol. The van der Waals surface area contributed by atoms with Crippen molar-refractivity contribution in [2.45, 2.75) is 19.8 Å². The molecule has 4 aliphatic rings. The molecule has 2 bridgehead atoms. The Morgan fingerprint density at radius 3 is 2.39 bits per heavy atom. The Morgan fingerprint density at radius 1 is 1.21 bits per heavy atom. The first-order chi connectivity index (χ1) is 13.5. The largest absolute Gasteiger partial charge is 0.493 e. The number of fused-ring (bicyclic) bond motifs is 3. The molecular weight excluding hydrogens is 471 g/mol. The molecule has 1 aliphatic heterocycles. The van der Waals surface area contributed by atoms with Gasteiger partial charge >= 0.3 is 0 Å². The third-order valence-corrected chi connectivity index (χ3v) is 7.49. The molecule has 1 aromatic carbocycles. The summed E-state index contributed by atoms with van der Waals surface area (Å²) >= 11 is 2.18. The standard InChI is InChI=1S/C21H21IN2O4/c1-3-28-18-14(22)8-11(9-15(18)27-2)10-23-24-19(25)16-12-4-5-13(17(16)20(24)26)21(12)6-7-21/h4-5,8-10,12-13,16-17H,3,6-7H2,1-2H3/b23-10-/t12-,13-,16-,17-/m1/s1. The lowest BCUT2D eigenvalue weighted by Crippen LogP contribution is -2.30. The summed E-state index contributed by atoms with van der Waals surface area (Å²) in [5.41, 5.74) is 0.955. The van der Waals surface area contributed by atoms with E-state index < -0.39 is 0 Å². The molecule has 3 fully saturated rings. The quantitative estimate of drug-likeness (QED) is 0.274. The minimum absolute atomic E-state index is 0.151. The molecule has 2 amide bonds. The number of imide groups is 1. The number of hydrogen-bond acceptors (Lipinski definition) is 5. The van der Waals surface area contributed by atoms with Gasteiger partial charge in [0.05, 0.1) is 35.3 Å². The Hall–Kier alpha value is -1.90. The number of methoxy groups -OCH3 is 1. The van der Waals surface area contributed by atoms with Crippen LogP contribution in [0.1, 0.15) is 25.3 Å². The third-order valence-electron chi connectivity index (χ3n) is 6.69. The van der Waals surface area contributed by atoms with Crippen molar-refractivity contribution in [1.82, 2.24) is 5.01 Å². The first kappa shape index (κ1) is 18.1. The number of benzene rings is 1. The van der Waals surface area contributed by atoms with E-state index in [-0.39, 0.29) is 40.9 Å². The molecule has 4 atom stereocenters. The normalized spacial score (nSPS) is 31.3. The van der Waals surface area contributed by atoms with Gasteiger partial charge in [-0.2, -0.15) is 10.1 Å². The van der Waals surface area contributed by atoms with Crippen LogP contribution in [-0.4, -0.2) is 36.8 Å². The van der Waals surface area contributed by atoms with E-state index >= 15 is 0 Å². The first-order valence-corrected chi connectivity index (χ1v) is 10.7. The average molecular weight is 492 g/mol. The fourth-order valence-electron chi connectivity index (χ4n) is 5.40. The summed E-state index contributed by atoms with van der Waals surface area (Å²) in [5, 5.41) is 5.37. The van der Waals surface area contributed by atoms with Crippen molar-refractivity contribution in [3.05, 3.63) is 33.4 Å². The van der Waals surface area contributed by atoms with Crippen molar-refractivity contribution >= 4 is 40.6 Å². The number of rotatable bonds is 5. The summed E-state index contributed by atoms with van der Waals surface area (Å²) in [6.45, 7) is 2.46. The van der Waals surface area contributed by atoms with E-state index in [1.807, 2.05) is 13.0 Å². The van der Waals surface area contributed by atoms with Gasteiger partial charge in [-0.1, -0.05) is 12.2 Å². The van der Waals surface area contributed by atoms with Crippen LogP contribution in [0.2, 0.25) is 0 Å². The van der Waals surface area contributed by atoms with Crippen molar-refractivity contribution in [3.8, 4) is 11.5 Å². The van der Waals surface area contributed by atoms with E-state index in [0.717, 1.165) is 27.0 Å². The van der Waals surface area contributed by atoms with Crippen LogP contribution < -0.4 is 9.47 Å². The Kier molecular flexibility index (Phi) is 4.08. The van der Waals surface area contributed by atoms with Gasteiger partial charge < -0.3 is 9.47 Å². The van der Waals surface area contributed by atoms with Gasteiger partial charge in [0.1, 0.15) is 0 Å². The van der Waals surface area contributed by atoms with Crippen molar-refractivity contribution in [2.75, 3.05) is 13.7 Å². The summed E-state index contributed by atoms with van der Waals surface area (Å²) in [6.07, 6.45) is 8.15. The van der Waals surface area contributed by atoms with Gasteiger partial charge in [0.2, 0.25) is 0 Å². The van der Waals surface area contributed by atoms with Gasteiger partial charge in [-0.3, -0.25) is 9.59 Å². The molecule has 146 valence electrons. The second-order valence-corrected chi connectivity index (χ2v) is 9.08. The van der Waals surface area contributed by atoms with Crippen molar-refractivity contribution in [2.24, 2.45) is 34.2 Å². The summed E-state index contributed by atoms with van der Waals surface area (Å²) in [7, 11) is 1.58. The molecule has 1 heterocycles. The highest BCUT2D eigenvalue weighted by Gasteiger charge is 2.73. The van der Waals surface area contributed by atoms with Gasteiger partial charge in [-0.25, -0.2) is 0 Å². The van der Waals surface area contributed by atoms with E-state index in [4.69, 9.17) is 9.47 Å². The molecule has 0 radical (unpaired) electrons. The molecule has 1 aromatic rings. The molecule has 6 nitrogen and oxygen atoms in total. The Balaban J connectivity index is 1.40. The number of hydrogen-bond donors (Lipinski definition) is 0. The Morgan fingerprint density at radius 2 is 1.86 bits per heavy atom. The van der Waals surface area contributed by atoms with E-state index in [1.165, 1.54) is 0 Å². The molecule has 0 unspecified atom stereocenters. The number of carbonyl (C=O) groups is 2. The van der Waals surface area contributed by atoms with Gasteiger partial charge in [-0.05, 0) is 77.3 Å². The zero-order valence-corrected chi connectivity index (χ0v) is 17.9. The minimum atomic E-state index is -0.225. The number of carbonyl (C=O) groups excluding carboxylic acids is 2. The number of nitrogens with zero attached hydrogens (tertiary/aromatic N) is 2.